The highest BCUT2D eigenvalue weighted by molar-refractivity contribution is 6.30. The smallest absolute Gasteiger partial charge is 0.274 e. The van der Waals surface area contributed by atoms with E-state index in [9.17, 15) is 9.59 Å². The van der Waals surface area contributed by atoms with E-state index in [0.717, 1.165) is 53.1 Å². The van der Waals surface area contributed by atoms with Gasteiger partial charge in [0, 0.05) is 35.4 Å². The van der Waals surface area contributed by atoms with Crippen molar-refractivity contribution >= 4 is 39.7 Å². The number of fused-ring (bicyclic) bond motifs is 8. The summed E-state index contributed by atoms with van der Waals surface area (Å²) < 4.78 is 7.57. The van der Waals surface area contributed by atoms with E-state index in [0.29, 0.717) is 34.8 Å². The molecule has 1 N–H and O–H groups in total. The second-order valence-corrected chi connectivity index (χ2v) is 9.64. The number of amides is 1. The van der Waals surface area contributed by atoms with Gasteiger partial charge in [0.05, 0.1) is 22.8 Å². The molecule has 0 radical (unpaired) electrons. The van der Waals surface area contributed by atoms with Gasteiger partial charge < -0.3 is 14.6 Å². The molecule has 2 aromatic carbocycles. The number of benzene rings is 2. The number of ether oxygens (including phenoxy) is 1. The zero-order valence-electron chi connectivity index (χ0n) is 18.0. The topological polar surface area (TPSA) is 79.7 Å². The van der Waals surface area contributed by atoms with Gasteiger partial charge >= 0.3 is 0 Å². The van der Waals surface area contributed by atoms with Gasteiger partial charge in [-0.3, -0.25) is 14.0 Å². The molecule has 1 atom stereocenters. The standard InChI is InChI=1S/C25H21ClN4O3/c1-12-22-24(31)28-18-10-17-16(11-21(18)30(22)23(27-12)13-4-6-33-7-5-13)20-9-14-8-15(26)2-3-19(14)29(20)25(17)32/h2-3,8,10-11,13,20H,4-7,9H2,1H3,(H,28,31). The summed E-state index contributed by atoms with van der Waals surface area (Å²) in [4.78, 5) is 36.1. The largest absolute Gasteiger partial charge is 0.381 e. The SMILES string of the molecule is Cc1nc(C2CCOCC2)n2c1c(=O)[nH]c1cc3c(cc12)C1Cc2cc(Cl)ccc2N1C3=O. The molecular formula is C25H21ClN4O3. The first-order valence-electron chi connectivity index (χ1n) is 11.3. The fourth-order valence-corrected chi connectivity index (χ4v) is 6.07. The van der Waals surface area contributed by atoms with Gasteiger partial charge in [-0.15, -0.1) is 0 Å². The van der Waals surface area contributed by atoms with Crippen LogP contribution in [0.3, 0.4) is 0 Å². The molecule has 1 saturated heterocycles. The summed E-state index contributed by atoms with van der Waals surface area (Å²) in [5.74, 6) is 1.10. The fourth-order valence-electron chi connectivity index (χ4n) is 5.87. The summed E-state index contributed by atoms with van der Waals surface area (Å²) in [6, 6.07) is 9.54. The number of aromatic nitrogens is 3. The second-order valence-electron chi connectivity index (χ2n) is 9.20. The van der Waals surface area contributed by atoms with Crippen molar-refractivity contribution in [2.75, 3.05) is 18.1 Å². The molecule has 1 amide bonds. The van der Waals surface area contributed by atoms with Crippen molar-refractivity contribution in [3.8, 4) is 0 Å². The first-order valence-corrected chi connectivity index (χ1v) is 11.7. The predicted octanol–water partition coefficient (Wildman–Crippen LogP) is 4.29. The number of H-pyrrole nitrogens is 1. The molecule has 5 heterocycles. The predicted molar refractivity (Wildman–Crippen MR) is 126 cm³/mol. The summed E-state index contributed by atoms with van der Waals surface area (Å²) in [7, 11) is 0. The Morgan fingerprint density at radius 2 is 1.97 bits per heavy atom. The lowest BCUT2D eigenvalue weighted by Gasteiger charge is -2.21. The van der Waals surface area contributed by atoms with Crippen LogP contribution in [0, 0.1) is 6.92 Å². The molecule has 33 heavy (non-hydrogen) atoms. The molecule has 166 valence electrons. The number of carbonyl (C=O) groups excluding carboxylic acids is 1. The number of imidazole rings is 1. The Morgan fingerprint density at radius 1 is 1.15 bits per heavy atom. The molecule has 1 unspecified atom stereocenters. The quantitative estimate of drug-likeness (QED) is 0.459. The summed E-state index contributed by atoms with van der Waals surface area (Å²) in [5, 5.41) is 0.676. The number of anilines is 1. The molecule has 3 aliphatic rings. The zero-order chi connectivity index (χ0) is 22.4. The molecule has 2 aromatic heterocycles. The van der Waals surface area contributed by atoms with Gasteiger partial charge in [-0.05, 0) is 67.6 Å². The van der Waals surface area contributed by atoms with Crippen LogP contribution >= 0.6 is 11.6 Å². The Hall–Kier alpha value is -3.16. The first kappa shape index (κ1) is 19.3. The van der Waals surface area contributed by atoms with Crippen LogP contribution in [0.4, 0.5) is 5.69 Å². The van der Waals surface area contributed by atoms with E-state index < -0.39 is 0 Å². The minimum absolute atomic E-state index is 0.0367. The van der Waals surface area contributed by atoms with Crippen molar-refractivity contribution in [2.24, 2.45) is 0 Å². The van der Waals surface area contributed by atoms with Crippen LogP contribution in [0.2, 0.25) is 5.02 Å². The van der Waals surface area contributed by atoms with Gasteiger partial charge in [0.2, 0.25) is 0 Å². The lowest BCUT2D eigenvalue weighted by molar-refractivity contribution is 0.0835. The molecular weight excluding hydrogens is 440 g/mol. The molecule has 3 aliphatic heterocycles. The van der Waals surface area contributed by atoms with Crippen molar-refractivity contribution < 1.29 is 9.53 Å². The van der Waals surface area contributed by atoms with Gasteiger partial charge in [-0.2, -0.15) is 0 Å². The number of hydrogen-bond donors (Lipinski definition) is 1. The molecule has 4 aromatic rings. The number of carbonyl (C=O) groups is 1. The molecule has 0 aliphatic carbocycles. The second kappa shape index (κ2) is 6.68. The van der Waals surface area contributed by atoms with Crippen LogP contribution in [-0.2, 0) is 11.2 Å². The molecule has 0 bridgehead atoms. The Labute approximate surface area is 193 Å². The monoisotopic (exact) mass is 460 g/mol. The zero-order valence-corrected chi connectivity index (χ0v) is 18.8. The maximum atomic E-state index is 13.4. The highest BCUT2D eigenvalue weighted by atomic mass is 35.5. The maximum absolute atomic E-state index is 13.4. The molecule has 0 saturated carbocycles. The third-order valence-electron chi connectivity index (χ3n) is 7.37. The van der Waals surface area contributed by atoms with Gasteiger partial charge in [0.15, 0.2) is 0 Å². The minimum Gasteiger partial charge on any atom is -0.381 e. The molecule has 8 heteroatoms. The van der Waals surface area contributed by atoms with Crippen LogP contribution in [0.5, 0.6) is 0 Å². The average Bonchev–Trinajstić information content (AvgIpc) is 3.44. The lowest BCUT2D eigenvalue weighted by atomic mass is 9.98. The molecule has 7 nitrogen and oxygen atoms in total. The highest BCUT2D eigenvalue weighted by Gasteiger charge is 2.43. The van der Waals surface area contributed by atoms with Crippen LogP contribution in [-0.4, -0.2) is 33.5 Å². The molecule has 0 spiro atoms. The van der Waals surface area contributed by atoms with Gasteiger partial charge in [-0.1, -0.05) is 11.6 Å². The van der Waals surface area contributed by atoms with Crippen molar-refractivity contribution in [3.05, 3.63) is 73.9 Å². The number of nitrogens with zero attached hydrogens (tertiary/aromatic N) is 3. The van der Waals surface area contributed by atoms with E-state index >= 15 is 0 Å². The Kier molecular flexibility index (Phi) is 3.91. The summed E-state index contributed by atoms with van der Waals surface area (Å²) in [6.45, 7) is 3.28. The third kappa shape index (κ3) is 2.57. The van der Waals surface area contributed by atoms with Gasteiger partial charge in [-0.25, -0.2) is 4.98 Å². The van der Waals surface area contributed by atoms with Crippen molar-refractivity contribution in [1.29, 1.82) is 0 Å². The highest BCUT2D eigenvalue weighted by Crippen LogP contribution is 2.48. The number of nitrogens with one attached hydrogen (secondary N) is 1. The Bertz CT molecular complexity index is 1560. The van der Waals surface area contributed by atoms with Crippen molar-refractivity contribution in [3.63, 3.8) is 0 Å². The van der Waals surface area contributed by atoms with Gasteiger partial charge in [0.1, 0.15) is 11.3 Å². The summed E-state index contributed by atoms with van der Waals surface area (Å²) >= 11 is 6.21. The fraction of sp³-hybridized carbons (Fsp3) is 0.320. The minimum atomic E-state index is -0.184. The number of aromatic amines is 1. The van der Waals surface area contributed by atoms with Crippen molar-refractivity contribution in [1.82, 2.24) is 14.4 Å². The number of rotatable bonds is 1. The van der Waals surface area contributed by atoms with Crippen LogP contribution in [0.15, 0.2) is 35.1 Å². The van der Waals surface area contributed by atoms with E-state index in [1.807, 2.05) is 40.5 Å². The summed E-state index contributed by atoms with van der Waals surface area (Å²) in [5.41, 5.74) is 6.28. The van der Waals surface area contributed by atoms with Crippen molar-refractivity contribution in [2.45, 2.75) is 38.1 Å². The number of aryl methyl sites for hydroxylation is 1. The van der Waals surface area contributed by atoms with Crippen LogP contribution < -0.4 is 10.5 Å². The van der Waals surface area contributed by atoms with Crippen LogP contribution in [0.25, 0.3) is 16.6 Å². The normalized spacial score (nSPS) is 20.0. The lowest BCUT2D eigenvalue weighted by Crippen LogP contribution is -2.23. The van der Waals surface area contributed by atoms with E-state index in [1.165, 1.54) is 0 Å². The Balaban J connectivity index is 1.48. The third-order valence-corrected chi connectivity index (χ3v) is 7.61. The number of halogens is 1. The van der Waals surface area contributed by atoms with Gasteiger partial charge in [0.25, 0.3) is 11.5 Å². The number of hydrogen-bond acceptors (Lipinski definition) is 4. The van der Waals surface area contributed by atoms with E-state index in [1.54, 1.807) is 0 Å². The average molecular weight is 461 g/mol. The first-order chi connectivity index (χ1) is 16.0. The van der Waals surface area contributed by atoms with E-state index in [-0.39, 0.29) is 23.4 Å². The van der Waals surface area contributed by atoms with E-state index in [4.69, 9.17) is 21.3 Å². The van der Waals surface area contributed by atoms with Crippen LogP contribution in [0.1, 0.15) is 57.8 Å². The molecule has 1 fully saturated rings. The molecule has 7 rings (SSSR count). The van der Waals surface area contributed by atoms with E-state index in [2.05, 4.69) is 11.1 Å². The Morgan fingerprint density at radius 3 is 2.79 bits per heavy atom. The maximum Gasteiger partial charge on any atom is 0.274 e. The summed E-state index contributed by atoms with van der Waals surface area (Å²) in [6.07, 6.45) is 2.48.